The monoisotopic (exact) mass is 250 g/mol. The maximum Gasteiger partial charge on any atom is 0.0890 e. The molecule has 1 heterocycles. The summed E-state index contributed by atoms with van der Waals surface area (Å²) in [5, 5.41) is 3.47. The lowest BCUT2D eigenvalue weighted by molar-refractivity contribution is -0.0774. The van der Waals surface area contributed by atoms with Crippen molar-refractivity contribution in [3.8, 4) is 0 Å². The number of aromatic nitrogens is 1. The second kappa shape index (κ2) is 6.39. The highest BCUT2D eigenvalue weighted by Gasteiger charge is 2.40. The van der Waals surface area contributed by atoms with E-state index in [0.717, 1.165) is 19.4 Å². The van der Waals surface area contributed by atoms with Crippen molar-refractivity contribution in [3.05, 3.63) is 24.0 Å². The van der Waals surface area contributed by atoms with E-state index >= 15 is 0 Å². The molecule has 0 spiro atoms. The highest BCUT2D eigenvalue weighted by molar-refractivity contribution is 5.15. The number of rotatable bonds is 5. The Bertz CT molecular complexity index is 326. The molecule has 1 aliphatic rings. The third-order valence-electron chi connectivity index (χ3n) is 4.13. The van der Waals surface area contributed by atoms with E-state index in [1.807, 2.05) is 13.2 Å². The van der Waals surface area contributed by atoms with Gasteiger partial charge >= 0.3 is 0 Å². The average Bonchev–Trinajstić information content (AvgIpc) is 2.78. The van der Waals surface area contributed by atoms with Gasteiger partial charge in [0.2, 0.25) is 0 Å². The normalized spacial score (nSPS) is 21.4. The highest BCUT2D eigenvalue weighted by atomic mass is 16.5. The van der Waals surface area contributed by atoms with Gasteiger partial charge in [-0.15, -0.1) is 0 Å². The number of aromatic amines is 1. The van der Waals surface area contributed by atoms with Crippen molar-refractivity contribution in [2.45, 2.75) is 57.1 Å². The number of nitrogens with one attached hydrogen (secondary N) is 2. The Kier molecular flexibility index (Phi) is 4.84. The van der Waals surface area contributed by atoms with Crippen molar-refractivity contribution >= 4 is 0 Å². The van der Waals surface area contributed by atoms with Crippen molar-refractivity contribution in [2.24, 2.45) is 0 Å². The molecule has 1 fully saturated rings. The smallest absolute Gasteiger partial charge is 0.0890 e. The van der Waals surface area contributed by atoms with Crippen molar-refractivity contribution in [3.63, 3.8) is 0 Å². The summed E-state index contributed by atoms with van der Waals surface area (Å²) in [6.45, 7) is 2.90. The minimum absolute atomic E-state index is 0.0369. The molecule has 3 heteroatoms. The van der Waals surface area contributed by atoms with Gasteiger partial charge in [-0.2, -0.15) is 0 Å². The predicted molar refractivity (Wildman–Crippen MR) is 74.7 cm³/mol. The minimum Gasteiger partial charge on any atom is -0.373 e. The fourth-order valence-corrected chi connectivity index (χ4v) is 3.36. The van der Waals surface area contributed by atoms with E-state index < -0.39 is 0 Å². The zero-order valence-electron chi connectivity index (χ0n) is 11.7. The molecule has 2 N–H and O–H groups in total. The van der Waals surface area contributed by atoms with E-state index in [4.69, 9.17) is 4.74 Å². The molecule has 102 valence electrons. The van der Waals surface area contributed by atoms with Crippen LogP contribution in [0.25, 0.3) is 0 Å². The van der Waals surface area contributed by atoms with Crippen molar-refractivity contribution < 1.29 is 4.74 Å². The van der Waals surface area contributed by atoms with Gasteiger partial charge in [-0.25, -0.2) is 0 Å². The van der Waals surface area contributed by atoms with E-state index in [-0.39, 0.29) is 11.6 Å². The molecule has 0 saturated heterocycles. The molecule has 0 bridgehead atoms. The van der Waals surface area contributed by atoms with Gasteiger partial charge in [0.1, 0.15) is 0 Å². The van der Waals surface area contributed by atoms with Crippen molar-refractivity contribution in [1.29, 1.82) is 0 Å². The number of hydrogen-bond donors (Lipinski definition) is 2. The summed E-state index contributed by atoms with van der Waals surface area (Å²) in [6.07, 6.45) is 9.55. The van der Waals surface area contributed by atoms with Gasteiger partial charge < -0.3 is 15.0 Å². The van der Waals surface area contributed by atoms with Gasteiger partial charge in [0, 0.05) is 18.5 Å². The van der Waals surface area contributed by atoms with E-state index in [1.54, 1.807) is 0 Å². The molecule has 1 aromatic rings. The number of ether oxygens (including phenoxy) is 1. The third kappa shape index (κ3) is 2.78. The zero-order chi connectivity index (χ0) is 12.8. The summed E-state index contributed by atoms with van der Waals surface area (Å²) >= 11 is 0. The van der Waals surface area contributed by atoms with Gasteiger partial charge in [-0.3, -0.25) is 0 Å². The van der Waals surface area contributed by atoms with E-state index in [2.05, 4.69) is 29.4 Å². The molecule has 1 unspecified atom stereocenters. The molecule has 0 radical (unpaired) electrons. The minimum atomic E-state index is -0.0369. The first-order valence-corrected chi connectivity index (χ1v) is 7.27. The second-order valence-electron chi connectivity index (χ2n) is 5.26. The number of likely N-dealkylation sites (N-methyl/N-ethyl adjacent to an activating group) is 1. The van der Waals surface area contributed by atoms with Crippen LogP contribution < -0.4 is 5.32 Å². The standard InChI is InChI=1S/C15H26N2O/c1-3-18-15(10-6-4-5-7-11-15)14(16-2)13-9-8-12-17-13/h8-9,12,14,16-17H,3-7,10-11H2,1-2H3. The van der Waals surface area contributed by atoms with Crippen LogP contribution in [0.1, 0.15) is 57.2 Å². The molecule has 0 amide bonds. The van der Waals surface area contributed by atoms with Gasteiger partial charge in [0.15, 0.2) is 0 Å². The molecular formula is C15H26N2O. The van der Waals surface area contributed by atoms with Crippen LogP contribution in [-0.4, -0.2) is 24.2 Å². The van der Waals surface area contributed by atoms with Gasteiger partial charge in [-0.1, -0.05) is 25.7 Å². The van der Waals surface area contributed by atoms with Gasteiger partial charge in [0.05, 0.1) is 11.6 Å². The summed E-state index contributed by atoms with van der Waals surface area (Å²) < 4.78 is 6.24. The fraction of sp³-hybridized carbons (Fsp3) is 0.733. The Labute approximate surface area is 110 Å². The topological polar surface area (TPSA) is 37.0 Å². The van der Waals surface area contributed by atoms with Crippen molar-refractivity contribution in [1.82, 2.24) is 10.3 Å². The maximum atomic E-state index is 6.24. The van der Waals surface area contributed by atoms with Crippen LogP contribution in [0.5, 0.6) is 0 Å². The van der Waals surface area contributed by atoms with Crippen LogP contribution in [0.4, 0.5) is 0 Å². The van der Waals surface area contributed by atoms with Crippen LogP contribution >= 0.6 is 0 Å². The van der Waals surface area contributed by atoms with Crippen LogP contribution in [0.3, 0.4) is 0 Å². The molecule has 2 rings (SSSR count). The third-order valence-corrected chi connectivity index (χ3v) is 4.13. The van der Waals surface area contributed by atoms with Crippen molar-refractivity contribution in [2.75, 3.05) is 13.7 Å². The Morgan fingerprint density at radius 2 is 2.06 bits per heavy atom. The predicted octanol–water partition coefficient (Wildman–Crippen LogP) is 3.40. The number of hydrogen-bond acceptors (Lipinski definition) is 2. The summed E-state index contributed by atoms with van der Waals surface area (Å²) in [7, 11) is 2.04. The van der Waals surface area contributed by atoms with Gasteiger partial charge in [-0.05, 0) is 38.9 Å². The largest absolute Gasteiger partial charge is 0.373 e. The first-order valence-electron chi connectivity index (χ1n) is 7.27. The lowest BCUT2D eigenvalue weighted by Gasteiger charge is -2.39. The molecule has 1 aromatic heterocycles. The average molecular weight is 250 g/mol. The van der Waals surface area contributed by atoms with Gasteiger partial charge in [0.25, 0.3) is 0 Å². The molecule has 3 nitrogen and oxygen atoms in total. The molecule has 1 saturated carbocycles. The molecule has 1 aliphatic carbocycles. The summed E-state index contributed by atoms with van der Waals surface area (Å²) in [4.78, 5) is 3.35. The first kappa shape index (κ1) is 13.6. The van der Waals surface area contributed by atoms with Crippen LogP contribution in [0.2, 0.25) is 0 Å². The summed E-state index contributed by atoms with van der Waals surface area (Å²) in [5.74, 6) is 0. The van der Waals surface area contributed by atoms with E-state index in [1.165, 1.54) is 31.4 Å². The lowest BCUT2D eigenvalue weighted by atomic mass is 9.84. The lowest BCUT2D eigenvalue weighted by Crippen LogP contribution is -2.45. The molecular weight excluding hydrogens is 224 g/mol. The molecule has 1 atom stereocenters. The Balaban J connectivity index is 2.25. The Morgan fingerprint density at radius 1 is 1.33 bits per heavy atom. The first-order chi connectivity index (χ1) is 8.82. The maximum absolute atomic E-state index is 6.24. The second-order valence-corrected chi connectivity index (χ2v) is 5.26. The Hall–Kier alpha value is -0.800. The molecule has 18 heavy (non-hydrogen) atoms. The van der Waals surface area contributed by atoms with Crippen LogP contribution in [-0.2, 0) is 4.74 Å². The zero-order valence-corrected chi connectivity index (χ0v) is 11.7. The SMILES string of the molecule is CCOC1(C(NC)c2ccc[nH]2)CCCCCC1. The van der Waals surface area contributed by atoms with E-state index in [0.29, 0.717) is 0 Å². The summed E-state index contributed by atoms with van der Waals surface area (Å²) in [6, 6.07) is 4.49. The molecule has 0 aliphatic heterocycles. The van der Waals surface area contributed by atoms with Crippen LogP contribution in [0.15, 0.2) is 18.3 Å². The Morgan fingerprint density at radius 3 is 2.56 bits per heavy atom. The number of H-pyrrole nitrogens is 1. The summed E-state index contributed by atoms with van der Waals surface area (Å²) in [5.41, 5.74) is 1.21. The molecule has 0 aromatic carbocycles. The highest BCUT2D eigenvalue weighted by Crippen LogP contribution is 2.40. The quantitative estimate of drug-likeness (QED) is 0.786. The van der Waals surface area contributed by atoms with E-state index in [9.17, 15) is 0 Å². The fourth-order valence-electron chi connectivity index (χ4n) is 3.36. The van der Waals surface area contributed by atoms with Crippen LogP contribution in [0, 0.1) is 0 Å².